The number of aryl methyl sites for hydroxylation is 3. The van der Waals surface area contributed by atoms with E-state index in [2.05, 4.69) is 16.2 Å². The molecule has 4 heteroatoms. The summed E-state index contributed by atoms with van der Waals surface area (Å²) in [4.78, 5) is 17.0. The average Bonchev–Trinajstić information content (AvgIpc) is 2.72. The highest BCUT2D eigenvalue weighted by Gasteiger charge is 2.38. The summed E-state index contributed by atoms with van der Waals surface area (Å²) in [6.07, 6.45) is 4.17. The zero-order valence-electron chi connectivity index (χ0n) is 11.7. The Morgan fingerprint density at radius 3 is 2.74 bits per heavy atom. The molecule has 1 fully saturated rings. The lowest BCUT2D eigenvalue weighted by molar-refractivity contribution is -0.120. The molecule has 0 saturated heterocycles. The molecule has 19 heavy (non-hydrogen) atoms. The summed E-state index contributed by atoms with van der Waals surface area (Å²) in [5.41, 5.74) is 4.18. The van der Waals surface area contributed by atoms with Crippen LogP contribution in [0.25, 0.3) is 0 Å². The molecule has 0 spiro atoms. The van der Waals surface area contributed by atoms with Crippen LogP contribution in [-0.2, 0) is 4.79 Å². The van der Waals surface area contributed by atoms with Gasteiger partial charge in [0.15, 0.2) is 5.82 Å². The van der Waals surface area contributed by atoms with Crippen LogP contribution >= 0.6 is 0 Å². The highest BCUT2D eigenvalue weighted by Crippen LogP contribution is 2.32. The van der Waals surface area contributed by atoms with Crippen LogP contribution < -0.4 is 5.01 Å². The van der Waals surface area contributed by atoms with Crippen LogP contribution in [0.1, 0.15) is 42.5 Å². The molecule has 1 saturated carbocycles. The van der Waals surface area contributed by atoms with Gasteiger partial charge in [0.25, 0.3) is 5.91 Å². The van der Waals surface area contributed by atoms with Gasteiger partial charge in [-0.1, -0.05) is 12.5 Å². The van der Waals surface area contributed by atoms with Crippen molar-refractivity contribution in [3.8, 4) is 0 Å². The topological polar surface area (TPSA) is 45.6 Å². The first-order valence-electron chi connectivity index (χ1n) is 6.94. The first-order chi connectivity index (χ1) is 9.08. The minimum absolute atomic E-state index is 0.0107. The maximum absolute atomic E-state index is 12.5. The van der Waals surface area contributed by atoms with E-state index in [1.54, 1.807) is 0 Å². The minimum atomic E-state index is 0.0107. The van der Waals surface area contributed by atoms with E-state index in [1.165, 1.54) is 5.01 Å². The van der Waals surface area contributed by atoms with Gasteiger partial charge in [0.05, 0.1) is 11.6 Å². The van der Waals surface area contributed by atoms with Crippen LogP contribution in [0.15, 0.2) is 11.2 Å². The SMILES string of the molecule is Cc1cc(C)c(N2N=C3CCCCC3C2=O)nc1C. The highest BCUT2D eigenvalue weighted by molar-refractivity contribution is 6.15. The number of nitrogens with zero attached hydrogens (tertiary/aromatic N) is 3. The third kappa shape index (κ3) is 1.95. The number of rotatable bonds is 1. The van der Waals surface area contributed by atoms with Crippen molar-refractivity contribution in [2.24, 2.45) is 11.0 Å². The molecule has 0 radical (unpaired) electrons. The summed E-state index contributed by atoms with van der Waals surface area (Å²) < 4.78 is 0. The molecule has 1 aromatic rings. The van der Waals surface area contributed by atoms with Gasteiger partial charge in [-0.3, -0.25) is 4.79 Å². The summed E-state index contributed by atoms with van der Waals surface area (Å²) in [6.45, 7) is 6.00. The predicted octanol–water partition coefficient (Wildman–Crippen LogP) is 2.90. The van der Waals surface area contributed by atoms with E-state index in [1.807, 2.05) is 20.8 Å². The fraction of sp³-hybridized carbons (Fsp3) is 0.533. The highest BCUT2D eigenvalue weighted by atomic mass is 16.2. The van der Waals surface area contributed by atoms with Gasteiger partial charge in [0.2, 0.25) is 0 Å². The molecule has 0 bridgehead atoms. The molecule has 1 aliphatic heterocycles. The number of amides is 1. The molecule has 4 nitrogen and oxygen atoms in total. The van der Waals surface area contributed by atoms with Crippen LogP contribution in [0.5, 0.6) is 0 Å². The molecule has 100 valence electrons. The van der Waals surface area contributed by atoms with Crippen LogP contribution in [0.3, 0.4) is 0 Å². The third-order valence-electron chi connectivity index (χ3n) is 4.14. The molecular weight excluding hydrogens is 238 g/mol. The number of carbonyl (C=O) groups is 1. The summed E-state index contributed by atoms with van der Waals surface area (Å²) >= 11 is 0. The second kappa shape index (κ2) is 4.44. The first kappa shape index (κ1) is 12.3. The largest absolute Gasteiger partial charge is 0.272 e. The van der Waals surface area contributed by atoms with Gasteiger partial charge in [0, 0.05) is 5.69 Å². The van der Waals surface area contributed by atoms with Crippen LogP contribution in [0.2, 0.25) is 0 Å². The molecule has 1 aromatic heterocycles. The maximum atomic E-state index is 12.5. The zero-order chi connectivity index (χ0) is 13.6. The van der Waals surface area contributed by atoms with E-state index in [9.17, 15) is 4.79 Å². The molecule has 1 aliphatic carbocycles. The lowest BCUT2D eigenvalue weighted by Crippen LogP contribution is -2.30. The lowest BCUT2D eigenvalue weighted by Gasteiger charge is -2.18. The standard InChI is InChI=1S/C15H19N3O/c1-9-8-10(2)14(16-11(9)3)18-15(19)12-6-4-5-7-13(12)17-18/h8,12H,4-7H2,1-3H3. The molecular formula is C15H19N3O. The number of fused-ring (bicyclic) bond motifs is 1. The molecule has 3 rings (SSSR count). The number of hydrogen-bond acceptors (Lipinski definition) is 3. The number of pyridine rings is 1. The number of anilines is 1. The molecule has 2 aliphatic rings. The number of hydrazone groups is 1. The Balaban J connectivity index is 2.01. The Morgan fingerprint density at radius 1 is 1.21 bits per heavy atom. The van der Waals surface area contributed by atoms with Crippen molar-refractivity contribution in [1.82, 2.24) is 4.98 Å². The molecule has 1 atom stereocenters. The van der Waals surface area contributed by atoms with Crippen molar-refractivity contribution in [2.45, 2.75) is 46.5 Å². The second-order valence-corrected chi connectivity index (χ2v) is 5.57. The Morgan fingerprint density at radius 2 is 2.00 bits per heavy atom. The summed E-state index contributed by atoms with van der Waals surface area (Å²) in [6, 6.07) is 2.08. The van der Waals surface area contributed by atoms with Gasteiger partial charge in [-0.05, 0) is 51.2 Å². The van der Waals surface area contributed by atoms with Crippen molar-refractivity contribution in [3.63, 3.8) is 0 Å². The van der Waals surface area contributed by atoms with Crippen LogP contribution in [0.4, 0.5) is 5.82 Å². The quantitative estimate of drug-likeness (QED) is 0.776. The Kier molecular flexibility index (Phi) is 2.88. The molecule has 1 amide bonds. The summed E-state index contributed by atoms with van der Waals surface area (Å²) in [5.74, 6) is 0.820. The van der Waals surface area contributed by atoms with Crippen molar-refractivity contribution < 1.29 is 4.79 Å². The van der Waals surface area contributed by atoms with E-state index in [0.29, 0.717) is 5.82 Å². The number of aromatic nitrogens is 1. The average molecular weight is 257 g/mol. The smallest absolute Gasteiger partial charge is 0.257 e. The maximum Gasteiger partial charge on any atom is 0.257 e. The predicted molar refractivity (Wildman–Crippen MR) is 75.3 cm³/mol. The van der Waals surface area contributed by atoms with E-state index < -0.39 is 0 Å². The summed E-state index contributed by atoms with van der Waals surface area (Å²) in [5, 5.41) is 6.07. The Labute approximate surface area is 113 Å². The van der Waals surface area contributed by atoms with Crippen molar-refractivity contribution >= 4 is 17.4 Å². The van der Waals surface area contributed by atoms with E-state index in [-0.39, 0.29) is 11.8 Å². The fourth-order valence-corrected chi connectivity index (χ4v) is 2.90. The minimum Gasteiger partial charge on any atom is -0.272 e. The first-order valence-corrected chi connectivity index (χ1v) is 6.94. The monoisotopic (exact) mass is 257 g/mol. The third-order valence-corrected chi connectivity index (χ3v) is 4.14. The molecule has 0 aromatic carbocycles. The van der Waals surface area contributed by atoms with Crippen molar-refractivity contribution in [3.05, 3.63) is 22.9 Å². The lowest BCUT2D eigenvalue weighted by atomic mass is 9.87. The van der Waals surface area contributed by atoms with E-state index in [0.717, 1.165) is 48.2 Å². The van der Waals surface area contributed by atoms with Gasteiger partial charge in [-0.15, -0.1) is 0 Å². The zero-order valence-corrected chi connectivity index (χ0v) is 11.7. The van der Waals surface area contributed by atoms with Crippen LogP contribution in [-0.4, -0.2) is 16.6 Å². The molecule has 2 heterocycles. The van der Waals surface area contributed by atoms with Gasteiger partial charge < -0.3 is 0 Å². The van der Waals surface area contributed by atoms with Gasteiger partial charge in [0.1, 0.15) is 0 Å². The van der Waals surface area contributed by atoms with Crippen LogP contribution in [0, 0.1) is 26.7 Å². The van der Waals surface area contributed by atoms with Gasteiger partial charge in [-0.2, -0.15) is 10.1 Å². The van der Waals surface area contributed by atoms with Gasteiger partial charge >= 0.3 is 0 Å². The van der Waals surface area contributed by atoms with Gasteiger partial charge in [-0.25, -0.2) is 4.98 Å². The van der Waals surface area contributed by atoms with Crippen molar-refractivity contribution in [2.75, 3.05) is 5.01 Å². The molecule has 1 unspecified atom stereocenters. The van der Waals surface area contributed by atoms with E-state index in [4.69, 9.17) is 0 Å². The molecule has 0 N–H and O–H groups in total. The normalized spacial score (nSPS) is 22.5. The Hall–Kier alpha value is -1.71. The second-order valence-electron chi connectivity index (χ2n) is 5.57. The fourth-order valence-electron chi connectivity index (χ4n) is 2.90. The number of carbonyl (C=O) groups excluding carboxylic acids is 1. The van der Waals surface area contributed by atoms with E-state index >= 15 is 0 Å². The Bertz CT molecular complexity index is 577. The van der Waals surface area contributed by atoms with Crippen molar-refractivity contribution in [1.29, 1.82) is 0 Å². The number of hydrogen-bond donors (Lipinski definition) is 0. The summed E-state index contributed by atoms with van der Waals surface area (Å²) in [7, 11) is 0.